The molecule has 2 amide bonds. The minimum Gasteiger partial charge on any atom is -0.340 e. The third-order valence-corrected chi connectivity index (χ3v) is 2.17. The molecule has 1 aliphatic heterocycles. The Morgan fingerprint density at radius 2 is 2.57 bits per heavy atom. The van der Waals surface area contributed by atoms with Gasteiger partial charge in [0.25, 0.3) is 0 Å². The van der Waals surface area contributed by atoms with Crippen LogP contribution in [0.15, 0.2) is 10.9 Å². The van der Waals surface area contributed by atoms with E-state index in [0.717, 1.165) is 19.5 Å². The predicted octanol–water partition coefficient (Wildman–Crippen LogP) is 0.0274. The first-order valence-electron chi connectivity index (χ1n) is 4.64. The minimum absolute atomic E-state index is 0.00392. The largest absolute Gasteiger partial charge is 0.340 e. The van der Waals surface area contributed by atoms with Crippen LogP contribution in [0.4, 0.5) is 4.79 Å². The molecule has 0 aliphatic carbocycles. The lowest BCUT2D eigenvalue weighted by molar-refractivity contribution is 0.185. The number of aromatic nitrogens is 2. The fourth-order valence-electron chi connectivity index (χ4n) is 1.43. The molecule has 2 heterocycles. The number of nitrogens with one attached hydrogen (secondary N) is 1. The molecule has 0 bridgehead atoms. The lowest BCUT2D eigenvalue weighted by Crippen LogP contribution is -2.47. The summed E-state index contributed by atoms with van der Waals surface area (Å²) in [6, 6.07) is -0.00392. The van der Waals surface area contributed by atoms with Crippen molar-refractivity contribution < 1.29 is 9.32 Å². The predicted molar refractivity (Wildman–Crippen MR) is 47.6 cm³/mol. The number of urea groups is 1. The van der Waals surface area contributed by atoms with Crippen molar-refractivity contribution in [2.45, 2.75) is 12.8 Å². The van der Waals surface area contributed by atoms with Crippen molar-refractivity contribution in [1.29, 1.82) is 0 Å². The molecule has 6 heteroatoms. The molecule has 1 aromatic heterocycles. The van der Waals surface area contributed by atoms with Crippen molar-refractivity contribution in [3.05, 3.63) is 12.2 Å². The zero-order valence-electron chi connectivity index (χ0n) is 7.77. The van der Waals surface area contributed by atoms with Gasteiger partial charge in [0.05, 0.1) is 0 Å². The van der Waals surface area contributed by atoms with E-state index in [1.807, 2.05) is 0 Å². The van der Waals surface area contributed by atoms with E-state index < -0.39 is 0 Å². The Labute approximate surface area is 81.3 Å². The molecule has 0 saturated carbocycles. The van der Waals surface area contributed by atoms with E-state index in [9.17, 15) is 4.79 Å². The minimum atomic E-state index is -0.00392. The third-order valence-electron chi connectivity index (χ3n) is 2.17. The Hall–Kier alpha value is -1.59. The molecule has 1 N–H and O–H groups in total. The van der Waals surface area contributed by atoms with E-state index in [2.05, 4.69) is 15.5 Å². The van der Waals surface area contributed by atoms with Crippen LogP contribution in [0.1, 0.15) is 12.3 Å². The monoisotopic (exact) mass is 196 g/mol. The van der Waals surface area contributed by atoms with Crippen molar-refractivity contribution >= 4 is 6.03 Å². The second-order valence-corrected chi connectivity index (χ2v) is 3.16. The fraction of sp³-hybridized carbons (Fsp3) is 0.625. The molecule has 0 radical (unpaired) electrons. The molecule has 2 rings (SSSR count). The molecule has 1 aliphatic rings. The van der Waals surface area contributed by atoms with Crippen molar-refractivity contribution in [3.63, 3.8) is 0 Å². The van der Waals surface area contributed by atoms with Crippen molar-refractivity contribution in [2.75, 3.05) is 19.6 Å². The number of rotatable bonds is 3. The molecule has 0 atom stereocenters. The van der Waals surface area contributed by atoms with Gasteiger partial charge >= 0.3 is 6.03 Å². The number of hydrogen-bond donors (Lipinski definition) is 1. The standard InChI is InChI=1S/C8H12N4O2/c13-8-9-3-1-4-12(8)5-2-7-10-6-11-14-7/h6H,1-5H2,(H,9,13). The summed E-state index contributed by atoms with van der Waals surface area (Å²) < 4.78 is 4.84. The summed E-state index contributed by atoms with van der Waals surface area (Å²) in [5.74, 6) is 0.573. The normalized spacial score (nSPS) is 16.9. The van der Waals surface area contributed by atoms with Gasteiger partial charge in [-0.05, 0) is 6.42 Å². The molecule has 1 fully saturated rings. The highest BCUT2D eigenvalue weighted by Crippen LogP contribution is 2.01. The van der Waals surface area contributed by atoms with E-state index in [0.29, 0.717) is 18.9 Å². The first kappa shape index (κ1) is 8.98. The van der Waals surface area contributed by atoms with Crippen LogP contribution in [-0.2, 0) is 6.42 Å². The second kappa shape index (κ2) is 4.08. The fourth-order valence-corrected chi connectivity index (χ4v) is 1.43. The highest BCUT2D eigenvalue weighted by Gasteiger charge is 2.17. The van der Waals surface area contributed by atoms with E-state index in [1.54, 1.807) is 4.90 Å². The molecule has 0 spiro atoms. The maximum Gasteiger partial charge on any atom is 0.317 e. The molecular formula is C8H12N4O2. The van der Waals surface area contributed by atoms with Gasteiger partial charge in [-0.2, -0.15) is 4.98 Å². The zero-order valence-corrected chi connectivity index (χ0v) is 7.77. The molecule has 14 heavy (non-hydrogen) atoms. The summed E-state index contributed by atoms with van der Waals surface area (Å²) in [5.41, 5.74) is 0. The summed E-state index contributed by atoms with van der Waals surface area (Å²) in [4.78, 5) is 16.9. The number of carbonyl (C=O) groups excluding carboxylic acids is 1. The lowest BCUT2D eigenvalue weighted by Gasteiger charge is -2.26. The van der Waals surface area contributed by atoms with Gasteiger partial charge in [-0.3, -0.25) is 0 Å². The zero-order chi connectivity index (χ0) is 9.80. The van der Waals surface area contributed by atoms with Crippen LogP contribution >= 0.6 is 0 Å². The van der Waals surface area contributed by atoms with Gasteiger partial charge in [-0.1, -0.05) is 5.16 Å². The van der Waals surface area contributed by atoms with Crippen LogP contribution in [0, 0.1) is 0 Å². The Morgan fingerprint density at radius 3 is 3.29 bits per heavy atom. The third kappa shape index (κ3) is 2.01. The van der Waals surface area contributed by atoms with Crippen LogP contribution < -0.4 is 5.32 Å². The number of amides is 2. The molecule has 6 nitrogen and oxygen atoms in total. The van der Waals surface area contributed by atoms with Crippen molar-refractivity contribution in [2.24, 2.45) is 0 Å². The quantitative estimate of drug-likeness (QED) is 0.740. The molecule has 1 aromatic rings. The van der Waals surface area contributed by atoms with Gasteiger partial charge in [0.2, 0.25) is 5.89 Å². The SMILES string of the molecule is O=C1NCCCN1CCc1ncno1. The smallest absolute Gasteiger partial charge is 0.317 e. The number of nitrogens with zero attached hydrogens (tertiary/aromatic N) is 3. The summed E-state index contributed by atoms with van der Waals surface area (Å²) >= 11 is 0. The lowest BCUT2D eigenvalue weighted by atomic mass is 10.3. The van der Waals surface area contributed by atoms with Crippen LogP contribution in [0.5, 0.6) is 0 Å². The Morgan fingerprint density at radius 1 is 1.64 bits per heavy atom. The van der Waals surface area contributed by atoms with Crippen LogP contribution in [-0.4, -0.2) is 40.7 Å². The molecule has 76 valence electrons. The Bertz CT molecular complexity index is 298. The topological polar surface area (TPSA) is 71.3 Å². The van der Waals surface area contributed by atoms with Gasteiger partial charge in [0, 0.05) is 26.1 Å². The second-order valence-electron chi connectivity index (χ2n) is 3.16. The first-order chi connectivity index (χ1) is 6.86. The first-order valence-corrected chi connectivity index (χ1v) is 4.64. The van der Waals surface area contributed by atoms with Gasteiger partial charge in [0.15, 0.2) is 6.33 Å². The Kier molecular flexibility index (Phi) is 2.62. The van der Waals surface area contributed by atoms with E-state index in [4.69, 9.17) is 4.52 Å². The number of hydrogen-bond acceptors (Lipinski definition) is 4. The van der Waals surface area contributed by atoms with Gasteiger partial charge in [-0.25, -0.2) is 4.79 Å². The molecule has 0 unspecified atom stereocenters. The van der Waals surface area contributed by atoms with Gasteiger partial charge < -0.3 is 14.7 Å². The van der Waals surface area contributed by atoms with Crippen molar-refractivity contribution in [3.8, 4) is 0 Å². The van der Waals surface area contributed by atoms with Crippen LogP contribution in [0.3, 0.4) is 0 Å². The summed E-state index contributed by atoms with van der Waals surface area (Å²) in [5, 5.41) is 6.28. The highest BCUT2D eigenvalue weighted by molar-refractivity contribution is 5.74. The summed E-state index contributed by atoms with van der Waals surface area (Å²) in [6.07, 6.45) is 2.98. The maximum atomic E-state index is 11.3. The van der Waals surface area contributed by atoms with Crippen LogP contribution in [0.25, 0.3) is 0 Å². The van der Waals surface area contributed by atoms with Crippen molar-refractivity contribution in [1.82, 2.24) is 20.4 Å². The van der Waals surface area contributed by atoms with E-state index >= 15 is 0 Å². The summed E-state index contributed by atoms with van der Waals surface area (Å²) in [6.45, 7) is 2.21. The number of carbonyl (C=O) groups is 1. The molecule has 1 saturated heterocycles. The maximum absolute atomic E-state index is 11.3. The van der Waals surface area contributed by atoms with Gasteiger partial charge in [-0.15, -0.1) is 0 Å². The average Bonchev–Trinajstić information content (AvgIpc) is 2.69. The molecule has 0 aromatic carbocycles. The summed E-state index contributed by atoms with van der Waals surface area (Å²) in [7, 11) is 0. The average molecular weight is 196 g/mol. The van der Waals surface area contributed by atoms with E-state index in [-0.39, 0.29) is 6.03 Å². The highest BCUT2D eigenvalue weighted by atomic mass is 16.5. The van der Waals surface area contributed by atoms with Gasteiger partial charge in [0.1, 0.15) is 0 Å². The van der Waals surface area contributed by atoms with E-state index in [1.165, 1.54) is 6.33 Å². The Balaban J connectivity index is 1.82. The van der Waals surface area contributed by atoms with Crippen LogP contribution in [0.2, 0.25) is 0 Å². The molecular weight excluding hydrogens is 184 g/mol.